The normalized spacial score (nSPS) is 11.2. The molecule has 25 heavy (non-hydrogen) atoms. The molecule has 0 atom stereocenters. The Morgan fingerprint density at radius 3 is 2.00 bits per heavy atom. The monoisotopic (exact) mass is 340 g/mol. The molecule has 2 aromatic rings. The average Bonchev–Trinajstić information content (AvgIpc) is 2.55. The summed E-state index contributed by atoms with van der Waals surface area (Å²) in [6, 6.07) is 8.59. The SMILES string of the molecule is CCN(CC)c1nc(C)cc(Nc2c(C(C)C)cccc2C(C)C)n1. The predicted octanol–water partition coefficient (Wildman–Crippen LogP) is 5.62. The molecule has 4 nitrogen and oxygen atoms in total. The van der Waals surface area contributed by atoms with E-state index in [1.165, 1.54) is 16.8 Å². The molecule has 0 aliphatic heterocycles. The van der Waals surface area contributed by atoms with E-state index in [9.17, 15) is 0 Å². The highest BCUT2D eigenvalue weighted by Gasteiger charge is 2.15. The van der Waals surface area contributed by atoms with Gasteiger partial charge in [-0.2, -0.15) is 4.98 Å². The molecule has 2 rings (SSSR count). The molecule has 1 aromatic carbocycles. The average molecular weight is 341 g/mol. The third-order valence-corrected chi connectivity index (χ3v) is 4.51. The largest absolute Gasteiger partial charge is 0.341 e. The van der Waals surface area contributed by atoms with E-state index in [2.05, 4.69) is 74.9 Å². The second-order valence-corrected chi connectivity index (χ2v) is 7.11. The van der Waals surface area contributed by atoms with E-state index in [1.54, 1.807) is 0 Å². The maximum atomic E-state index is 4.78. The highest BCUT2D eigenvalue weighted by Crippen LogP contribution is 2.34. The Balaban J connectivity index is 2.49. The quantitative estimate of drug-likeness (QED) is 0.710. The van der Waals surface area contributed by atoms with Gasteiger partial charge in [-0.3, -0.25) is 0 Å². The van der Waals surface area contributed by atoms with Gasteiger partial charge in [-0.15, -0.1) is 0 Å². The van der Waals surface area contributed by atoms with Gasteiger partial charge in [0.1, 0.15) is 5.82 Å². The van der Waals surface area contributed by atoms with Crippen molar-refractivity contribution < 1.29 is 0 Å². The van der Waals surface area contributed by atoms with Crippen molar-refractivity contribution >= 4 is 17.5 Å². The fraction of sp³-hybridized carbons (Fsp3) is 0.524. The summed E-state index contributed by atoms with van der Waals surface area (Å²) >= 11 is 0. The Kier molecular flexibility index (Phi) is 6.40. The lowest BCUT2D eigenvalue weighted by atomic mass is 9.92. The van der Waals surface area contributed by atoms with Crippen molar-refractivity contribution in [2.24, 2.45) is 0 Å². The van der Waals surface area contributed by atoms with Crippen LogP contribution in [0.5, 0.6) is 0 Å². The number of benzene rings is 1. The van der Waals surface area contributed by atoms with E-state index in [1.807, 2.05) is 13.0 Å². The maximum absolute atomic E-state index is 4.78. The number of nitrogens with one attached hydrogen (secondary N) is 1. The van der Waals surface area contributed by atoms with Crippen molar-refractivity contribution in [1.29, 1.82) is 0 Å². The first-order valence-corrected chi connectivity index (χ1v) is 9.37. The van der Waals surface area contributed by atoms with Crippen molar-refractivity contribution in [3.63, 3.8) is 0 Å². The van der Waals surface area contributed by atoms with E-state index in [4.69, 9.17) is 4.98 Å². The number of hydrogen-bond acceptors (Lipinski definition) is 4. The van der Waals surface area contributed by atoms with Gasteiger partial charge in [0.25, 0.3) is 0 Å². The first kappa shape index (κ1) is 19.2. The number of rotatable bonds is 7. The van der Waals surface area contributed by atoms with Crippen LogP contribution in [-0.4, -0.2) is 23.1 Å². The van der Waals surface area contributed by atoms with E-state index in [0.29, 0.717) is 11.8 Å². The summed E-state index contributed by atoms with van der Waals surface area (Å²) in [7, 11) is 0. The number of para-hydroxylation sites is 1. The number of anilines is 3. The summed E-state index contributed by atoms with van der Waals surface area (Å²) in [6.45, 7) is 17.0. The predicted molar refractivity (Wildman–Crippen MR) is 108 cm³/mol. The lowest BCUT2D eigenvalue weighted by molar-refractivity contribution is 0.816. The third-order valence-electron chi connectivity index (χ3n) is 4.51. The molecule has 0 saturated heterocycles. The summed E-state index contributed by atoms with van der Waals surface area (Å²) in [4.78, 5) is 11.6. The minimum absolute atomic E-state index is 0.450. The second kappa shape index (κ2) is 8.32. The molecule has 0 saturated carbocycles. The minimum atomic E-state index is 0.450. The minimum Gasteiger partial charge on any atom is -0.341 e. The zero-order valence-corrected chi connectivity index (χ0v) is 16.7. The van der Waals surface area contributed by atoms with Crippen LogP contribution in [0, 0.1) is 6.92 Å². The summed E-state index contributed by atoms with van der Waals surface area (Å²) in [5.41, 5.74) is 4.82. The van der Waals surface area contributed by atoms with Gasteiger partial charge in [0.05, 0.1) is 0 Å². The summed E-state index contributed by atoms with van der Waals surface area (Å²) < 4.78 is 0. The van der Waals surface area contributed by atoms with Crippen molar-refractivity contribution in [1.82, 2.24) is 9.97 Å². The molecule has 0 radical (unpaired) electrons. The summed E-state index contributed by atoms with van der Waals surface area (Å²) in [5.74, 6) is 2.56. The van der Waals surface area contributed by atoms with Gasteiger partial charge in [-0.05, 0) is 43.7 Å². The molecule has 0 aliphatic rings. The van der Waals surface area contributed by atoms with Crippen LogP contribution >= 0.6 is 0 Å². The molecular weight excluding hydrogens is 308 g/mol. The summed E-state index contributed by atoms with van der Waals surface area (Å²) in [6.07, 6.45) is 0. The molecule has 1 heterocycles. The molecule has 136 valence electrons. The first-order valence-electron chi connectivity index (χ1n) is 9.37. The lowest BCUT2D eigenvalue weighted by Crippen LogP contribution is -2.24. The van der Waals surface area contributed by atoms with E-state index < -0.39 is 0 Å². The third kappa shape index (κ3) is 4.50. The highest BCUT2D eigenvalue weighted by molar-refractivity contribution is 5.67. The van der Waals surface area contributed by atoms with Crippen LogP contribution in [0.4, 0.5) is 17.5 Å². The van der Waals surface area contributed by atoms with Crippen LogP contribution in [0.2, 0.25) is 0 Å². The zero-order chi connectivity index (χ0) is 18.6. The van der Waals surface area contributed by atoms with Crippen LogP contribution in [0.3, 0.4) is 0 Å². The molecule has 4 heteroatoms. The topological polar surface area (TPSA) is 41.1 Å². The fourth-order valence-corrected chi connectivity index (χ4v) is 3.09. The van der Waals surface area contributed by atoms with Gasteiger partial charge < -0.3 is 10.2 Å². The first-order chi connectivity index (χ1) is 11.9. The lowest BCUT2D eigenvalue weighted by Gasteiger charge is -2.22. The van der Waals surface area contributed by atoms with Crippen LogP contribution in [0.25, 0.3) is 0 Å². The highest BCUT2D eigenvalue weighted by atomic mass is 15.3. The second-order valence-electron chi connectivity index (χ2n) is 7.11. The number of aryl methyl sites for hydroxylation is 1. The molecular formula is C21H32N4. The molecule has 1 N–H and O–H groups in total. The Hall–Kier alpha value is -2.10. The van der Waals surface area contributed by atoms with Gasteiger partial charge >= 0.3 is 0 Å². The fourth-order valence-electron chi connectivity index (χ4n) is 3.09. The molecule has 0 amide bonds. The van der Waals surface area contributed by atoms with Gasteiger partial charge in [0.2, 0.25) is 5.95 Å². The molecule has 0 spiro atoms. The van der Waals surface area contributed by atoms with Crippen molar-refractivity contribution in [3.8, 4) is 0 Å². The molecule has 0 fully saturated rings. The van der Waals surface area contributed by atoms with Gasteiger partial charge in [-0.25, -0.2) is 4.98 Å². The molecule has 0 bridgehead atoms. The number of nitrogens with zero attached hydrogens (tertiary/aromatic N) is 3. The van der Waals surface area contributed by atoms with Crippen LogP contribution in [0.1, 0.15) is 70.2 Å². The van der Waals surface area contributed by atoms with Crippen molar-refractivity contribution in [2.75, 3.05) is 23.3 Å². The Labute approximate surface area is 152 Å². The van der Waals surface area contributed by atoms with Crippen molar-refractivity contribution in [2.45, 2.75) is 60.3 Å². The number of aromatic nitrogens is 2. The molecule has 0 unspecified atom stereocenters. The van der Waals surface area contributed by atoms with Gasteiger partial charge in [0.15, 0.2) is 0 Å². The Morgan fingerprint density at radius 2 is 1.52 bits per heavy atom. The van der Waals surface area contributed by atoms with Crippen LogP contribution in [-0.2, 0) is 0 Å². The van der Waals surface area contributed by atoms with Crippen LogP contribution in [0.15, 0.2) is 24.3 Å². The van der Waals surface area contributed by atoms with Crippen molar-refractivity contribution in [3.05, 3.63) is 41.1 Å². The summed E-state index contributed by atoms with van der Waals surface area (Å²) in [5, 5.41) is 3.61. The van der Waals surface area contributed by atoms with E-state index >= 15 is 0 Å². The van der Waals surface area contributed by atoms with Gasteiger partial charge in [-0.1, -0.05) is 45.9 Å². The zero-order valence-electron chi connectivity index (χ0n) is 16.7. The standard InChI is InChI=1S/C21H32N4/c1-8-25(9-2)21-22-16(7)13-19(24-21)23-20-17(14(3)4)11-10-12-18(20)15(5)6/h10-15H,8-9H2,1-7H3,(H,22,23,24). The molecule has 1 aromatic heterocycles. The smallest absolute Gasteiger partial charge is 0.227 e. The Morgan fingerprint density at radius 1 is 0.960 bits per heavy atom. The Bertz CT molecular complexity index is 677. The van der Waals surface area contributed by atoms with Gasteiger partial charge in [0, 0.05) is 30.5 Å². The maximum Gasteiger partial charge on any atom is 0.227 e. The van der Waals surface area contributed by atoms with E-state index in [-0.39, 0.29) is 0 Å². The van der Waals surface area contributed by atoms with Crippen LogP contribution < -0.4 is 10.2 Å². The number of hydrogen-bond donors (Lipinski definition) is 1. The van der Waals surface area contributed by atoms with E-state index in [0.717, 1.165) is 30.5 Å². The molecule has 0 aliphatic carbocycles.